The maximum atomic E-state index is 13.0. The lowest BCUT2D eigenvalue weighted by Crippen LogP contribution is -2.22. The second kappa shape index (κ2) is 7.38. The summed E-state index contributed by atoms with van der Waals surface area (Å²) in [4.78, 5) is 26.3. The highest BCUT2D eigenvalue weighted by Crippen LogP contribution is 2.34. The molecule has 3 rings (SSSR count). The van der Waals surface area contributed by atoms with Gasteiger partial charge >= 0.3 is 0 Å². The fourth-order valence-corrected chi connectivity index (χ4v) is 3.58. The number of carbonyl (C=O) groups excluding carboxylic acids is 2. The van der Waals surface area contributed by atoms with Crippen LogP contribution in [0.25, 0.3) is 0 Å². The third-order valence-corrected chi connectivity index (χ3v) is 4.88. The van der Waals surface area contributed by atoms with Gasteiger partial charge in [-0.25, -0.2) is 0 Å². The molecule has 1 heterocycles. The zero-order valence-electron chi connectivity index (χ0n) is 14.3. The number of ketones is 1. The summed E-state index contributed by atoms with van der Waals surface area (Å²) in [7, 11) is 2.04. The summed E-state index contributed by atoms with van der Waals surface area (Å²) in [6, 6.07) is 14.9. The molecule has 1 aliphatic rings. The minimum Gasteiger partial charge on any atom is -0.326 e. The third-order valence-electron chi connectivity index (χ3n) is 4.63. The predicted octanol–water partition coefficient (Wildman–Crippen LogP) is 3.83. The van der Waals surface area contributed by atoms with Crippen molar-refractivity contribution in [3.63, 3.8) is 0 Å². The Kier molecular flexibility index (Phi) is 5.21. The SMILES string of the molecule is CC(=O)Nc1ccc([C@H]2CN(C)C[C@@H]2C(=O)c2ccc(Cl)cc2)cc1. The molecule has 0 aromatic heterocycles. The Morgan fingerprint density at radius 3 is 2.28 bits per heavy atom. The molecule has 130 valence electrons. The number of amides is 1. The van der Waals surface area contributed by atoms with Crippen LogP contribution in [0.3, 0.4) is 0 Å². The van der Waals surface area contributed by atoms with E-state index in [2.05, 4.69) is 10.2 Å². The molecular formula is C20H21ClN2O2. The van der Waals surface area contributed by atoms with Crippen molar-refractivity contribution in [2.45, 2.75) is 12.8 Å². The Morgan fingerprint density at radius 2 is 1.68 bits per heavy atom. The minimum absolute atomic E-state index is 0.0854. The first-order valence-corrected chi connectivity index (χ1v) is 8.67. The van der Waals surface area contributed by atoms with E-state index in [9.17, 15) is 9.59 Å². The number of rotatable bonds is 4. The Hall–Kier alpha value is -2.17. The molecule has 0 unspecified atom stereocenters. The number of hydrogen-bond donors (Lipinski definition) is 1. The number of likely N-dealkylation sites (N-methyl/N-ethyl adjacent to an activating group) is 1. The van der Waals surface area contributed by atoms with Crippen LogP contribution in [0.5, 0.6) is 0 Å². The van der Waals surface area contributed by atoms with E-state index < -0.39 is 0 Å². The van der Waals surface area contributed by atoms with Crippen molar-refractivity contribution in [2.24, 2.45) is 5.92 Å². The Morgan fingerprint density at radius 1 is 1.04 bits per heavy atom. The number of halogens is 1. The van der Waals surface area contributed by atoms with E-state index in [0.717, 1.165) is 24.3 Å². The van der Waals surface area contributed by atoms with E-state index in [-0.39, 0.29) is 23.5 Å². The number of hydrogen-bond acceptors (Lipinski definition) is 3. The van der Waals surface area contributed by atoms with Crippen LogP contribution in [-0.2, 0) is 4.79 Å². The van der Waals surface area contributed by atoms with Crippen molar-refractivity contribution < 1.29 is 9.59 Å². The van der Waals surface area contributed by atoms with Crippen LogP contribution in [0.4, 0.5) is 5.69 Å². The van der Waals surface area contributed by atoms with Gasteiger partial charge in [-0.1, -0.05) is 23.7 Å². The van der Waals surface area contributed by atoms with Crippen molar-refractivity contribution in [3.05, 3.63) is 64.7 Å². The minimum atomic E-state index is -0.0934. The van der Waals surface area contributed by atoms with Crippen LogP contribution in [0, 0.1) is 5.92 Å². The van der Waals surface area contributed by atoms with Crippen LogP contribution in [-0.4, -0.2) is 36.7 Å². The highest BCUT2D eigenvalue weighted by atomic mass is 35.5. The average Bonchev–Trinajstić information content (AvgIpc) is 2.97. The molecule has 1 amide bonds. The van der Waals surface area contributed by atoms with Crippen molar-refractivity contribution in [1.82, 2.24) is 4.90 Å². The molecule has 5 heteroatoms. The molecule has 2 aromatic rings. The smallest absolute Gasteiger partial charge is 0.221 e. The Labute approximate surface area is 152 Å². The van der Waals surface area contributed by atoms with Crippen molar-refractivity contribution >= 4 is 29.0 Å². The monoisotopic (exact) mass is 356 g/mol. The highest BCUT2D eigenvalue weighted by molar-refractivity contribution is 6.30. The highest BCUT2D eigenvalue weighted by Gasteiger charge is 2.37. The Balaban J connectivity index is 1.82. The van der Waals surface area contributed by atoms with E-state index >= 15 is 0 Å². The van der Waals surface area contributed by atoms with E-state index in [1.54, 1.807) is 24.3 Å². The molecule has 4 nitrogen and oxygen atoms in total. The molecule has 1 N–H and O–H groups in total. The second-order valence-electron chi connectivity index (χ2n) is 6.61. The summed E-state index contributed by atoms with van der Waals surface area (Å²) in [6.07, 6.45) is 0. The van der Waals surface area contributed by atoms with Gasteiger partial charge in [-0.2, -0.15) is 0 Å². The standard InChI is InChI=1S/C20H21ClN2O2/c1-13(24)22-17-9-5-14(6-10-17)18-11-23(2)12-19(18)20(25)15-3-7-16(21)8-4-15/h3-10,18-19H,11-12H2,1-2H3,(H,22,24)/t18-,19+/m1/s1. The third kappa shape index (κ3) is 4.09. The van der Waals surface area contributed by atoms with Crippen LogP contribution >= 0.6 is 11.6 Å². The first-order chi connectivity index (χ1) is 11.9. The van der Waals surface area contributed by atoms with Gasteiger partial charge in [-0.15, -0.1) is 0 Å². The zero-order chi connectivity index (χ0) is 18.0. The molecule has 2 aromatic carbocycles. The fraction of sp³-hybridized carbons (Fsp3) is 0.300. The van der Waals surface area contributed by atoms with Gasteiger partial charge in [0.2, 0.25) is 5.91 Å². The lowest BCUT2D eigenvalue weighted by Gasteiger charge is -2.18. The summed E-state index contributed by atoms with van der Waals surface area (Å²) < 4.78 is 0. The molecule has 0 bridgehead atoms. The van der Waals surface area contributed by atoms with Gasteiger partial charge in [0, 0.05) is 48.1 Å². The number of Topliss-reactive ketones (excluding diaryl/α,β-unsaturated/α-hetero) is 1. The number of nitrogens with one attached hydrogen (secondary N) is 1. The Bertz CT molecular complexity index is 771. The first-order valence-electron chi connectivity index (χ1n) is 8.30. The normalized spacial score (nSPS) is 20.4. The zero-order valence-corrected chi connectivity index (χ0v) is 15.1. The van der Waals surface area contributed by atoms with E-state index in [1.807, 2.05) is 31.3 Å². The second-order valence-corrected chi connectivity index (χ2v) is 7.04. The van der Waals surface area contributed by atoms with E-state index in [4.69, 9.17) is 11.6 Å². The van der Waals surface area contributed by atoms with E-state index in [1.165, 1.54) is 6.92 Å². The molecule has 25 heavy (non-hydrogen) atoms. The first kappa shape index (κ1) is 17.6. The number of anilines is 1. The lowest BCUT2D eigenvalue weighted by atomic mass is 9.84. The maximum absolute atomic E-state index is 13.0. The summed E-state index contributed by atoms with van der Waals surface area (Å²) in [6.45, 7) is 3.06. The van der Waals surface area contributed by atoms with Crippen molar-refractivity contribution in [3.8, 4) is 0 Å². The van der Waals surface area contributed by atoms with Crippen LogP contribution in [0.1, 0.15) is 28.8 Å². The summed E-state index contributed by atoms with van der Waals surface area (Å²) in [5.41, 5.74) is 2.58. The quantitative estimate of drug-likeness (QED) is 0.847. The predicted molar refractivity (Wildman–Crippen MR) is 100 cm³/mol. The number of carbonyl (C=O) groups is 2. The molecule has 0 aliphatic carbocycles. The van der Waals surface area contributed by atoms with Gasteiger partial charge in [0.05, 0.1) is 0 Å². The van der Waals surface area contributed by atoms with Crippen LogP contribution in [0.2, 0.25) is 5.02 Å². The lowest BCUT2D eigenvalue weighted by molar-refractivity contribution is -0.114. The molecule has 1 saturated heterocycles. The van der Waals surface area contributed by atoms with Gasteiger partial charge in [-0.05, 0) is 49.0 Å². The summed E-state index contributed by atoms with van der Waals surface area (Å²) in [5, 5.41) is 3.40. The van der Waals surface area contributed by atoms with Gasteiger partial charge in [-0.3, -0.25) is 9.59 Å². The molecule has 2 atom stereocenters. The largest absolute Gasteiger partial charge is 0.326 e. The van der Waals surface area contributed by atoms with Gasteiger partial charge < -0.3 is 10.2 Å². The summed E-state index contributed by atoms with van der Waals surface area (Å²) >= 11 is 5.93. The maximum Gasteiger partial charge on any atom is 0.221 e. The van der Waals surface area contributed by atoms with Crippen LogP contribution in [0.15, 0.2) is 48.5 Å². The van der Waals surface area contributed by atoms with E-state index in [0.29, 0.717) is 10.6 Å². The summed E-state index contributed by atoms with van der Waals surface area (Å²) in [5.74, 6) is 0.110. The molecule has 0 radical (unpaired) electrons. The molecule has 0 saturated carbocycles. The molecule has 1 aliphatic heterocycles. The van der Waals surface area contributed by atoms with Crippen molar-refractivity contribution in [1.29, 1.82) is 0 Å². The number of likely N-dealkylation sites (tertiary alicyclic amines) is 1. The number of benzene rings is 2. The molecule has 1 fully saturated rings. The fourth-order valence-electron chi connectivity index (χ4n) is 3.45. The van der Waals surface area contributed by atoms with Gasteiger partial charge in [0.15, 0.2) is 5.78 Å². The topological polar surface area (TPSA) is 49.4 Å². The average molecular weight is 357 g/mol. The van der Waals surface area contributed by atoms with Gasteiger partial charge in [0.1, 0.15) is 0 Å². The van der Waals surface area contributed by atoms with Crippen molar-refractivity contribution in [2.75, 3.05) is 25.5 Å². The molecular weight excluding hydrogens is 336 g/mol. The van der Waals surface area contributed by atoms with Gasteiger partial charge in [0.25, 0.3) is 0 Å². The van der Waals surface area contributed by atoms with Crippen LogP contribution < -0.4 is 5.32 Å². The molecule has 0 spiro atoms. The number of nitrogens with zero attached hydrogens (tertiary/aromatic N) is 1.